The van der Waals surface area contributed by atoms with Crippen LogP contribution in [0, 0.1) is 0 Å². The molecule has 0 amide bonds. The molecule has 0 bridgehead atoms. The Morgan fingerprint density at radius 3 is 2.38 bits per heavy atom. The van der Waals surface area contributed by atoms with E-state index in [4.69, 9.17) is 5.73 Å². The molecule has 0 aromatic heterocycles. The number of sulfonamides is 1. The third kappa shape index (κ3) is 3.51. The zero-order valence-electron chi connectivity index (χ0n) is 11.5. The van der Waals surface area contributed by atoms with Crippen LogP contribution < -0.4 is 10.0 Å². The number of nitrogens with two attached hydrogens (primary N) is 1. The molecule has 0 radical (unpaired) electrons. The Morgan fingerprint density at radius 1 is 1.29 bits per heavy atom. The van der Waals surface area contributed by atoms with Crippen molar-refractivity contribution in [1.29, 1.82) is 0 Å². The van der Waals surface area contributed by atoms with Gasteiger partial charge in [-0.05, 0) is 31.0 Å². The maximum atomic E-state index is 12.6. The van der Waals surface area contributed by atoms with Gasteiger partial charge in [-0.2, -0.15) is 0 Å². The van der Waals surface area contributed by atoms with E-state index < -0.39 is 25.1 Å². The maximum absolute atomic E-state index is 12.6. The highest BCUT2D eigenvalue weighted by Gasteiger charge is 2.35. The number of nitrogen functional groups attached to an aromatic ring is 1. The van der Waals surface area contributed by atoms with Crippen molar-refractivity contribution in [3.63, 3.8) is 0 Å². The molecular weight excluding hydrogens is 380 g/mol. The molecule has 1 aliphatic heterocycles. The summed E-state index contributed by atoms with van der Waals surface area (Å²) < 4.78 is 50.0. The molecule has 1 saturated heterocycles. The predicted molar refractivity (Wildman–Crippen MR) is 87.6 cm³/mol. The molecule has 2 N–H and O–H groups in total. The van der Waals surface area contributed by atoms with Crippen molar-refractivity contribution in [3.05, 3.63) is 22.7 Å². The summed E-state index contributed by atoms with van der Waals surface area (Å²) in [6.45, 7) is 0. The van der Waals surface area contributed by atoms with Crippen molar-refractivity contribution in [2.24, 2.45) is 0 Å². The summed E-state index contributed by atoms with van der Waals surface area (Å²) in [5.74, 6) is -0.166. The third-order valence-electron chi connectivity index (χ3n) is 3.63. The van der Waals surface area contributed by atoms with Crippen LogP contribution in [-0.2, 0) is 19.9 Å². The minimum absolute atomic E-state index is 0.0828. The molecule has 1 aromatic rings. The average Bonchev–Trinajstić information content (AvgIpc) is 2.37. The number of benzene rings is 1. The molecule has 21 heavy (non-hydrogen) atoms. The van der Waals surface area contributed by atoms with E-state index in [0.717, 1.165) is 8.78 Å². The summed E-state index contributed by atoms with van der Waals surface area (Å²) >= 11 is 3.27. The Hall–Kier alpha value is -0.800. The minimum Gasteiger partial charge on any atom is -0.397 e. The van der Waals surface area contributed by atoms with Crippen LogP contribution in [0.4, 0.5) is 11.4 Å². The highest BCUT2D eigenvalue weighted by Crippen LogP contribution is 2.31. The van der Waals surface area contributed by atoms with Gasteiger partial charge in [0.25, 0.3) is 0 Å². The van der Waals surface area contributed by atoms with Gasteiger partial charge in [-0.15, -0.1) is 0 Å². The number of hydrogen-bond donors (Lipinski definition) is 1. The van der Waals surface area contributed by atoms with Crippen LogP contribution in [0.15, 0.2) is 22.7 Å². The second-order valence-electron chi connectivity index (χ2n) is 5.07. The smallest absolute Gasteiger partial charge is 0.237 e. The number of sulfone groups is 1. The fourth-order valence-corrected chi connectivity index (χ4v) is 6.23. The van der Waals surface area contributed by atoms with Crippen molar-refractivity contribution >= 4 is 47.2 Å². The molecule has 6 nitrogen and oxygen atoms in total. The van der Waals surface area contributed by atoms with E-state index in [9.17, 15) is 16.8 Å². The zero-order valence-corrected chi connectivity index (χ0v) is 14.7. The van der Waals surface area contributed by atoms with Crippen molar-refractivity contribution < 1.29 is 16.8 Å². The molecule has 9 heteroatoms. The molecule has 118 valence electrons. The summed E-state index contributed by atoms with van der Waals surface area (Å²) in [5, 5.41) is -0.686. The van der Waals surface area contributed by atoms with Crippen LogP contribution in [0.5, 0.6) is 0 Å². The Morgan fingerprint density at radius 2 is 1.86 bits per heavy atom. The first-order valence-corrected chi connectivity index (χ1v) is 10.5. The fourth-order valence-electron chi connectivity index (χ4n) is 2.34. The number of halogens is 1. The standard InChI is InChI=1S/C12H17BrN2O4S2/c1-15(12-3-2-9(13)8-11(12)14)21(18,19)10-4-6-20(16,17)7-5-10/h2-3,8,10H,4-7,14H2,1H3. The maximum Gasteiger partial charge on any atom is 0.237 e. The van der Waals surface area contributed by atoms with E-state index in [0.29, 0.717) is 11.4 Å². The van der Waals surface area contributed by atoms with Gasteiger partial charge >= 0.3 is 0 Å². The van der Waals surface area contributed by atoms with E-state index in [1.807, 2.05) is 0 Å². The number of hydrogen-bond acceptors (Lipinski definition) is 5. The molecule has 1 aromatic carbocycles. The van der Waals surface area contributed by atoms with Gasteiger partial charge in [-0.3, -0.25) is 4.31 Å². The van der Waals surface area contributed by atoms with Crippen molar-refractivity contribution in [1.82, 2.24) is 0 Å². The molecule has 0 unspecified atom stereocenters. The summed E-state index contributed by atoms with van der Waals surface area (Å²) in [7, 11) is -5.28. The molecule has 1 aliphatic rings. The fraction of sp³-hybridized carbons (Fsp3) is 0.500. The molecule has 0 atom stereocenters. The van der Waals surface area contributed by atoms with Gasteiger partial charge in [0, 0.05) is 11.5 Å². The minimum atomic E-state index is -3.63. The highest BCUT2D eigenvalue weighted by molar-refractivity contribution is 9.10. The van der Waals surface area contributed by atoms with E-state index in [1.54, 1.807) is 18.2 Å². The molecule has 0 aliphatic carbocycles. The zero-order chi connectivity index (χ0) is 15.8. The summed E-state index contributed by atoms with van der Waals surface area (Å²) in [6.07, 6.45) is 0.261. The van der Waals surface area contributed by atoms with Gasteiger partial charge in [0.05, 0.1) is 28.1 Å². The number of anilines is 2. The van der Waals surface area contributed by atoms with Crippen molar-refractivity contribution in [2.45, 2.75) is 18.1 Å². The molecule has 1 fully saturated rings. The van der Waals surface area contributed by atoms with Gasteiger partial charge in [0.15, 0.2) is 0 Å². The highest BCUT2D eigenvalue weighted by atomic mass is 79.9. The van der Waals surface area contributed by atoms with E-state index >= 15 is 0 Å². The summed E-state index contributed by atoms with van der Waals surface area (Å²) in [5.41, 5.74) is 6.60. The number of nitrogens with zero attached hydrogens (tertiary/aromatic N) is 1. The molecule has 0 spiro atoms. The Bertz CT molecular complexity index is 733. The van der Waals surface area contributed by atoms with Gasteiger partial charge in [0.2, 0.25) is 10.0 Å². The van der Waals surface area contributed by atoms with Crippen molar-refractivity contribution in [2.75, 3.05) is 28.6 Å². The molecular formula is C12H17BrN2O4S2. The monoisotopic (exact) mass is 396 g/mol. The van der Waals surface area contributed by atoms with E-state index in [2.05, 4.69) is 15.9 Å². The second kappa shape index (κ2) is 5.77. The first-order chi connectivity index (χ1) is 9.63. The van der Waals surface area contributed by atoms with Gasteiger partial charge in [-0.25, -0.2) is 16.8 Å². The second-order valence-corrected chi connectivity index (χ2v) is 10.5. The third-order valence-corrected chi connectivity index (χ3v) is 8.12. The van der Waals surface area contributed by atoms with E-state index in [-0.39, 0.29) is 24.3 Å². The largest absolute Gasteiger partial charge is 0.397 e. The molecule has 2 rings (SSSR count). The first-order valence-electron chi connectivity index (χ1n) is 6.37. The Kier molecular flexibility index (Phi) is 4.55. The van der Waals surface area contributed by atoms with Crippen LogP contribution in [0.2, 0.25) is 0 Å². The van der Waals surface area contributed by atoms with Crippen LogP contribution in [0.25, 0.3) is 0 Å². The lowest BCUT2D eigenvalue weighted by atomic mass is 10.2. The quantitative estimate of drug-likeness (QED) is 0.777. The SMILES string of the molecule is CN(c1ccc(Br)cc1N)S(=O)(=O)C1CCS(=O)(=O)CC1. The lowest BCUT2D eigenvalue weighted by Crippen LogP contribution is -2.41. The van der Waals surface area contributed by atoms with E-state index in [1.165, 1.54) is 7.05 Å². The average molecular weight is 397 g/mol. The van der Waals surface area contributed by atoms with Gasteiger partial charge in [0.1, 0.15) is 9.84 Å². The van der Waals surface area contributed by atoms with Crippen LogP contribution >= 0.6 is 15.9 Å². The number of rotatable bonds is 3. The lowest BCUT2D eigenvalue weighted by molar-refractivity contribution is 0.551. The molecule has 1 heterocycles. The van der Waals surface area contributed by atoms with Crippen LogP contribution in [-0.4, -0.2) is 40.6 Å². The topological polar surface area (TPSA) is 97.5 Å². The van der Waals surface area contributed by atoms with Gasteiger partial charge in [-0.1, -0.05) is 15.9 Å². The summed E-state index contributed by atoms with van der Waals surface area (Å²) in [6, 6.07) is 4.96. The normalized spacial score (nSPS) is 19.3. The first kappa shape index (κ1) is 16.6. The van der Waals surface area contributed by atoms with Gasteiger partial charge < -0.3 is 5.73 Å². The van der Waals surface area contributed by atoms with Crippen LogP contribution in [0.1, 0.15) is 12.8 Å². The Balaban J connectivity index is 2.27. The summed E-state index contributed by atoms with van der Waals surface area (Å²) in [4.78, 5) is 0. The predicted octanol–water partition coefficient (Wildman–Crippen LogP) is 1.37. The molecule has 0 saturated carbocycles. The Labute approximate surface area is 133 Å². The lowest BCUT2D eigenvalue weighted by Gasteiger charge is -2.29. The van der Waals surface area contributed by atoms with Crippen LogP contribution in [0.3, 0.4) is 0 Å². The van der Waals surface area contributed by atoms with Crippen molar-refractivity contribution in [3.8, 4) is 0 Å².